The Hall–Kier alpha value is -1.51. The molecule has 1 aromatic rings. The van der Waals surface area contributed by atoms with Gasteiger partial charge in [0.25, 0.3) is 0 Å². The Bertz CT molecular complexity index is 464. The molecule has 110 valence electrons. The van der Waals surface area contributed by atoms with E-state index in [0.29, 0.717) is 12.3 Å². The number of carbonyl (C=O) groups excluding carboxylic acids is 1. The van der Waals surface area contributed by atoms with E-state index in [0.717, 1.165) is 23.4 Å². The molecule has 0 heterocycles. The van der Waals surface area contributed by atoms with Gasteiger partial charge in [0.05, 0.1) is 13.5 Å². The Morgan fingerprint density at radius 1 is 1.35 bits per heavy atom. The second-order valence-electron chi connectivity index (χ2n) is 5.92. The molecule has 0 radical (unpaired) electrons. The number of amides is 1. The Labute approximate surface area is 121 Å². The third-order valence-electron chi connectivity index (χ3n) is 4.21. The predicted molar refractivity (Wildman–Crippen MR) is 81.0 cm³/mol. The number of hydrogen-bond acceptors (Lipinski definition) is 2. The van der Waals surface area contributed by atoms with Crippen molar-refractivity contribution >= 4 is 5.91 Å². The first-order valence-corrected chi connectivity index (χ1v) is 7.47. The molecule has 20 heavy (non-hydrogen) atoms. The molecule has 1 saturated carbocycles. The van der Waals surface area contributed by atoms with E-state index in [1.807, 2.05) is 37.1 Å². The van der Waals surface area contributed by atoms with E-state index >= 15 is 0 Å². The molecule has 1 aliphatic rings. The van der Waals surface area contributed by atoms with Gasteiger partial charge in [-0.15, -0.1) is 0 Å². The van der Waals surface area contributed by atoms with Gasteiger partial charge < -0.3 is 9.64 Å². The summed E-state index contributed by atoms with van der Waals surface area (Å²) in [6, 6.07) is 5.99. The van der Waals surface area contributed by atoms with Gasteiger partial charge in [0, 0.05) is 19.2 Å². The minimum absolute atomic E-state index is 0.181. The lowest BCUT2D eigenvalue weighted by Gasteiger charge is -2.21. The van der Waals surface area contributed by atoms with Gasteiger partial charge in [0.2, 0.25) is 5.91 Å². The van der Waals surface area contributed by atoms with Crippen molar-refractivity contribution in [3.05, 3.63) is 29.3 Å². The van der Waals surface area contributed by atoms with Crippen molar-refractivity contribution in [1.29, 1.82) is 0 Å². The Kier molecular flexibility index (Phi) is 5.05. The SMILES string of the molecule is COc1ccc(C)cc1CC(=O)N(C)CC1CCCC1. The number of likely N-dealkylation sites (N-methyl/N-ethyl adjacent to an activating group) is 1. The fourth-order valence-corrected chi connectivity index (χ4v) is 3.03. The lowest BCUT2D eigenvalue weighted by atomic mass is 10.1. The van der Waals surface area contributed by atoms with E-state index in [-0.39, 0.29) is 5.91 Å². The standard InChI is InChI=1S/C17H25NO2/c1-13-8-9-16(20-3)15(10-13)11-17(19)18(2)12-14-6-4-5-7-14/h8-10,14H,4-7,11-12H2,1-3H3. The number of aryl methyl sites for hydroxylation is 1. The lowest BCUT2D eigenvalue weighted by molar-refractivity contribution is -0.129. The third-order valence-corrected chi connectivity index (χ3v) is 4.21. The summed E-state index contributed by atoms with van der Waals surface area (Å²) in [5, 5.41) is 0. The number of methoxy groups -OCH3 is 1. The van der Waals surface area contributed by atoms with Crippen LogP contribution in [0.5, 0.6) is 5.75 Å². The highest BCUT2D eigenvalue weighted by atomic mass is 16.5. The Morgan fingerprint density at radius 2 is 2.05 bits per heavy atom. The van der Waals surface area contributed by atoms with Crippen LogP contribution in [0.4, 0.5) is 0 Å². The van der Waals surface area contributed by atoms with Crippen LogP contribution in [0.3, 0.4) is 0 Å². The van der Waals surface area contributed by atoms with Crippen molar-refractivity contribution in [2.45, 2.75) is 39.0 Å². The highest BCUT2D eigenvalue weighted by molar-refractivity contribution is 5.79. The van der Waals surface area contributed by atoms with Crippen LogP contribution in [0.15, 0.2) is 18.2 Å². The maximum absolute atomic E-state index is 12.4. The molecule has 3 nitrogen and oxygen atoms in total. The van der Waals surface area contributed by atoms with E-state index in [1.165, 1.54) is 25.7 Å². The highest BCUT2D eigenvalue weighted by Crippen LogP contribution is 2.26. The largest absolute Gasteiger partial charge is 0.496 e. The van der Waals surface area contributed by atoms with Gasteiger partial charge in [-0.2, -0.15) is 0 Å². The molecule has 0 aromatic heterocycles. The van der Waals surface area contributed by atoms with Gasteiger partial charge in [0.15, 0.2) is 0 Å². The zero-order valence-electron chi connectivity index (χ0n) is 12.8. The second kappa shape index (κ2) is 6.78. The Balaban J connectivity index is 1.97. The average molecular weight is 275 g/mol. The first-order valence-electron chi connectivity index (χ1n) is 7.47. The molecule has 0 unspecified atom stereocenters. The first kappa shape index (κ1) is 14.9. The van der Waals surface area contributed by atoms with Crippen LogP contribution < -0.4 is 4.74 Å². The predicted octanol–water partition coefficient (Wildman–Crippen LogP) is 3.19. The zero-order valence-corrected chi connectivity index (χ0v) is 12.8. The topological polar surface area (TPSA) is 29.5 Å². The number of hydrogen-bond donors (Lipinski definition) is 0. The van der Waals surface area contributed by atoms with E-state index in [4.69, 9.17) is 4.74 Å². The van der Waals surface area contributed by atoms with Crippen molar-refractivity contribution in [3.63, 3.8) is 0 Å². The number of nitrogens with zero attached hydrogens (tertiary/aromatic N) is 1. The number of benzene rings is 1. The summed E-state index contributed by atoms with van der Waals surface area (Å²) in [6.07, 6.45) is 5.60. The molecule has 0 N–H and O–H groups in total. The highest BCUT2D eigenvalue weighted by Gasteiger charge is 2.20. The summed E-state index contributed by atoms with van der Waals surface area (Å²) in [5.41, 5.74) is 2.14. The molecule has 1 amide bonds. The molecule has 0 spiro atoms. The molecule has 3 heteroatoms. The van der Waals surface area contributed by atoms with E-state index < -0.39 is 0 Å². The van der Waals surface area contributed by atoms with Gasteiger partial charge in [-0.25, -0.2) is 0 Å². The average Bonchev–Trinajstić information content (AvgIpc) is 2.91. The van der Waals surface area contributed by atoms with Crippen molar-refractivity contribution in [2.75, 3.05) is 20.7 Å². The maximum atomic E-state index is 12.4. The van der Waals surface area contributed by atoms with E-state index in [2.05, 4.69) is 0 Å². The van der Waals surface area contributed by atoms with Crippen molar-refractivity contribution in [2.24, 2.45) is 5.92 Å². The molecule has 1 fully saturated rings. The van der Waals surface area contributed by atoms with Crippen LogP contribution in [0.2, 0.25) is 0 Å². The first-order chi connectivity index (χ1) is 9.60. The Morgan fingerprint density at radius 3 is 2.70 bits per heavy atom. The molecule has 0 bridgehead atoms. The van der Waals surface area contributed by atoms with Crippen LogP contribution in [0.25, 0.3) is 0 Å². The van der Waals surface area contributed by atoms with E-state index in [9.17, 15) is 4.79 Å². The summed E-state index contributed by atoms with van der Waals surface area (Å²) >= 11 is 0. The summed E-state index contributed by atoms with van der Waals surface area (Å²) in [4.78, 5) is 14.2. The molecule has 2 rings (SSSR count). The van der Waals surface area contributed by atoms with Crippen LogP contribution in [0, 0.1) is 12.8 Å². The van der Waals surface area contributed by atoms with Crippen LogP contribution in [-0.2, 0) is 11.2 Å². The summed E-state index contributed by atoms with van der Waals surface area (Å²) < 4.78 is 5.34. The van der Waals surface area contributed by atoms with Gasteiger partial charge in [0.1, 0.15) is 5.75 Å². The molecular weight excluding hydrogens is 250 g/mol. The quantitative estimate of drug-likeness (QED) is 0.826. The van der Waals surface area contributed by atoms with Crippen molar-refractivity contribution < 1.29 is 9.53 Å². The molecule has 0 aliphatic heterocycles. The van der Waals surface area contributed by atoms with Gasteiger partial charge in [-0.3, -0.25) is 4.79 Å². The maximum Gasteiger partial charge on any atom is 0.226 e. The van der Waals surface area contributed by atoms with Crippen molar-refractivity contribution in [3.8, 4) is 5.75 Å². The number of carbonyl (C=O) groups is 1. The minimum Gasteiger partial charge on any atom is -0.496 e. The zero-order chi connectivity index (χ0) is 14.5. The summed E-state index contributed by atoms with van der Waals surface area (Å²) in [5.74, 6) is 1.68. The molecule has 1 aliphatic carbocycles. The third kappa shape index (κ3) is 3.75. The number of ether oxygens (including phenoxy) is 1. The van der Waals surface area contributed by atoms with Gasteiger partial charge in [-0.05, 0) is 31.7 Å². The fraction of sp³-hybridized carbons (Fsp3) is 0.588. The van der Waals surface area contributed by atoms with Gasteiger partial charge in [-0.1, -0.05) is 30.5 Å². The number of rotatable bonds is 5. The monoisotopic (exact) mass is 275 g/mol. The van der Waals surface area contributed by atoms with Crippen LogP contribution >= 0.6 is 0 Å². The minimum atomic E-state index is 0.181. The molecule has 1 aromatic carbocycles. The smallest absolute Gasteiger partial charge is 0.226 e. The van der Waals surface area contributed by atoms with Gasteiger partial charge >= 0.3 is 0 Å². The van der Waals surface area contributed by atoms with E-state index in [1.54, 1.807) is 7.11 Å². The lowest BCUT2D eigenvalue weighted by Crippen LogP contribution is -2.32. The molecule has 0 atom stereocenters. The molecule has 0 saturated heterocycles. The van der Waals surface area contributed by atoms with Crippen LogP contribution in [0.1, 0.15) is 36.8 Å². The summed E-state index contributed by atoms with van der Waals surface area (Å²) in [7, 11) is 3.57. The molecular formula is C17H25NO2. The van der Waals surface area contributed by atoms with Crippen LogP contribution in [-0.4, -0.2) is 31.5 Å². The van der Waals surface area contributed by atoms with Crippen molar-refractivity contribution in [1.82, 2.24) is 4.90 Å². The normalized spacial score (nSPS) is 15.3. The second-order valence-corrected chi connectivity index (χ2v) is 5.92. The summed E-state index contributed by atoms with van der Waals surface area (Å²) in [6.45, 7) is 2.93. The fourth-order valence-electron chi connectivity index (χ4n) is 3.03.